The summed E-state index contributed by atoms with van der Waals surface area (Å²) < 4.78 is 5.33. The van der Waals surface area contributed by atoms with E-state index in [2.05, 4.69) is 0 Å². The lowest BCUT2D eigenvalue weighted by atomic mass is 10.0. The van der Waals surface area contributed by atoms with Gasteiger partial charge in [0.2, 0.25) is 0 Å². The summed E-state index contributed by atoms with van der Waals surface area (Å²) in [6.07, 6.45) is 1.81. The van der Waals surface area contributed by atoms with Crippen LogP contribution in [0.5, 0.6) is 0 Å². The second-order valence-corrected chi connectivity index (χ2v) is 5.66. The first-order valence-electron chi connectivity index (χ1n) is 6.80. The maximum absolute atomic E-state index is 12.0. The number of ether oxygens (including phenoxy) is 1. The number of aliphatic hydroxyl groups excluding tert-OH is 1. The van der Waals surface area contributed by atoms with Gasteiger partial charge in [-0.05, 0) is 29.7 Å². The van der Waals surface area contributed by atoms with E-state index in [1.54, 1.807) is 4.90 Å². The summed E-state index contributed by atoms with van der Waals surface area (Å²) in [5.74, 6) is 0.388. The molecule has 19 heavy (non-hydrogen) atoms. The molecule has 0 unspecified atom stereocenters. The lowest BCUT2D eigenvalue weighted by molar-refractivity contribution is 0.102. The second kappa shape index (κ2) is 4.85. The number of nitrogens with zero attached hydrogens (tertiary/aromatic N) is 1. The third kappa shape index (κ3) is 2.45. The van der Waals surface area contributed by atoms with Crippen LogP contribution in [0.1, 0.15) is 18.4 Å². The van der Waals surface area contributed by atoms with Crippen molar-refractivity contribution in [3.63, 3.8) is 0 Å². The van der Waals surface area contributed by atoms with Gasteiger partial charge in [-0.2, -0.15) is 0 Å². The minimum atomic E-state index is -0.232. The van der Waals surface area contributed by atoms with Gasteiger partial charge < -0.3 is 14.7 Å². The summed E-state index contributed by atoms with van der Waals surface area (Å²) in [5.41, 5.74) is 1.20. The highest BCUT2D eigenvalue weighted by Crippen LogP contribution is 2.58. The fourth-order valence-corrected chi connectivity index (χ4v) is 3.05. The predicted molar refractivity (Wildman–Crippen MR) is 70.4 cm³/mol. The van der Waals surface area contributed by atoms with Gasteiger partial charge in [-0.15, -0.1) is 0 Å². The minimum Gasteiger partial charge on any atom is -0.445 e. The van der Waals surface area contributed by atoms with Crippen LogP contribution in [0.15, 0.2) is 30.3 Å². The van der Waals surface area contributed by atoms with Crippen LogP contribution in [-0.4, -0.2) is 35.8 Å². The smallest absolute Gasteiger partial charge is 0.410 e. The molecule has 1 heterocycles. The zero-order valence-electron chi connectivity index (χ0n) is 10.9. The van der Waals surface area contributed by atoms with Gasteiger partial charge in [-0.25, -0.2) is 4.79 Å². The van der Waals surface area contributed by atoms with E-state index in [1.165, 1.54) is 0 Å². The van der Waals surface area contributed by atoms with Crippen molar-refractivity contribution in [2.24, 2.45) is 11.3 Å². The van der Waals surface area contributed by atoms with E-state index in [9.17, 15) is 9.90 Å². The number of amides is 1. The van der Waals surface area contributed by atoms with Crippen LogP contribution in [0.2, 0.25) is 0 Å². The SMILES string of the molecule is O=C(OCc1ccccc1)N1CC[C@@]2(C[C@H]2CO)C1. The van der Waals surface area contributed by atoms with Gasteiger partial charge in [-0.3, -0.25) is 0 Å². The first-order chi connectivity index (χ1) is 9.23. The van der Waals surface area contributed by atoms with Crippen LogP contribution >= 0.6 is 0 Å². The minimum absolute atomic E-state index is 0.195. The molecule has 1 aliphatic carbocycles. The van der Waals surface area contributed by atoms with Crippen molar-refractivity contribution in [3.8, 4) is 0 Å². The van der Waals surface area contributed by atoms with E-state index in [1.807, 2.05) is 30.3 Å². The number of benzene rings is 1. The monoisotopic (exact) mass is 261 g/mol. The number of aliphatic hydroxyl groups is 1. The number of hydrogen-bond acceptors (Lipinski definition) is 3. The van der Waals surface area contributed by atoms with E-state index in [-0.39, 0.29) is 18.1 Å². The van der Waals surface area contributed by atoms with Crippen molar-refractivity contribution in [1.82, 2.24) is 4.90 Å². The Morgan fingerprint density at radius 1 is 1.42 bits per heavy atom. The van der Waals surface area contributed by atoms with Crippen LogP contribution in [0, 0.1) is 11.3 Å². The molecule has 102 valence electrons. The van der Waals surface area contributed by atoms with Crippen LogP contribution in [0.3, 0.4) is 0 Å². The third-order valence-corrected chi connectivity index (χ3v) is 4.43. The van der Waals surface area contributed by atoms with Crippen molar-refractivity contribution in [2.75, 3.05) is 19.7 Å². The first-order valence-corrected chi connectivity index (χ1v) is 6.80. The van der Waals surface area contributed by atoms with E-state index < -0.39 is 0 Å². The van der Waals surface area contributed by atoms with E-state index >= 15 is 0 Å². The molecular weight excluding hydrogens is 242 g/mol. The van der Waals surface area contributed by atoms with Crippen molar-refractivity contribution in [2.45, 2.75) is 19.4 Å². The van der Waals surface area contributed by atoms with Crippen LogP contribution < -0.4 is 0 Å². The van der Waals surface area contributed by atoms with E-state index in [0.717, 1.165) is 31.5 Å². The van der Waals surface area contributed by atoms with E-state index in [0.29, 0.717) is 12.5 Å². The van der Waals surface area contributed by atoms with Gasteiger partial charge in [-0.1, -0.05) is 30.3 Å². The number of carbonyl (C=O) groups is 1. The third-order valence-electron chi connectivity index (χ3n) is 4.43. The largest absolute Gasteiger partial charge is 0.445 e. The molecule has 1 amide bonds. The molecule has 2 fully saturated rings. The Labute approximate surface area is 113 Å². The highest BCUT2D eigenvalue weighted by Gasteiger charge is 2.57. The highest BCUT2D eigenvalue weighted by molar-refractivity contribution is 5.68. The standard InChI is InChI=1S/C15H19NO3/c17-9-13-8-15(13)6-7-16(11-15)14(18)19-10-12-4-2-1-3-5-12/h1-5,13,17H,6-11H2/t13-,15+/m0/s1. The molecule has 2 aliphatic rings. The number of hydrogen-bond donors (Lipinski definition) is 1. The molecular formula is C15H19NO3. The highest BCUT2D eigenvalue weighted by atomic mass is 16.6. The van der Waals surface area contributed by atoms with Crippen LogP contribution in [-0.2, 0) is 11.3 Å². The van der Waals surface area contributed by atoms with Gasteiger partial charge in [0.15, 0.2) is 0 Å². The molecule has 1 aromatic carbocycles. The predicted octanol–water partition coefficient (Wildman–Crippen LogP) is 2.03. The Hall–Kier alpha value is -1.55. The quantitative estimate of drug-likeness (QED) is 0.905. The number of rotatable bonds is 3. The molecule has 1 aromatic rings. The van der Waals surface area contributed by atoms with Gasteiger partial charge >= 0.3 is 6.09 Å². The van der Waals surface area contributed by atoms with Crippen LogP contribution in [0.4, 0.5) is 4.79 Å². The average molecular weight is 261 g/mol. The molecule has 2 atom stereocenters. The molecule has 1 saturated heterocycles. The Morgan fingerprint density at radius 3 is 2.89 bits per heavy atom. The number of carbonyl (C=O) groups excluding carboxylic acids is 1. The Bertz CT molecular complexity index is 462. The molecule has 4 heteroatoms. The number of likely N-dealkylation sites (tertiary alicyclic amines) is 1. The fraction of sp³-hybridized carbons (Fsp3) is 0.533. The Morgan fingerprint density at radius 2 is 2.21 bits per heavy atom. The van der Waals surface area contributed by atoms with Crippen molar-refractivity contribution >= 4 is 6.09 Å². The van der Waals surface area contributed by atoms with Gasteiger partial charge in [0.25, 0.3) is 0 Å². The molecule has 0 aromatic heterocycles. The van der Waals surface area contributed by atoms with E-state index in [4.69, 9.17) is 4.74 Å². The Balaban J connectivity index is 1.50. The lowest BCUT2D eigenvalue weighted by Gasteiger charge is -2.16. The summed E-state index contributed by atoms with van der Waals surface area (Å²) in [5, 5.41) is 9.17. The summed E-state index contributed by atoms with van der Waals surface area (Å²) >= 11 is 0. The van der Waals surface area contributed by atoms with Crippen molar-refractivity contribution < 1.29 is 14.6 Å². The summed E-state index contributed by atoms with van der Waals surface area (Å²) in [6, 6.07) is 9.70. The fourth-order valence-electron chi connectivity index (χ4n) is 3.05. The zero-order valence-corrected chi connectivity index (χ0v) is 10.9. The van der Waals surface area contributed by atoms with Gasteiger partial charge in [0.1, 0.15) is 6.61 Å². The zero-order chi connectivity index (χ0) is 13.3. The second-order valence-electron chi connectivity index (χ2n) is 5.66. The summed E-state index contributed by atoms with van der Waals surface area (Å²) in [6.45, 7) is 2.06. The molecule has 1 spiro atoms. The lowest BCUT2D eigenvalue weighted by Crippen LogP contribution is -2.29. The topological polar surface area (TPSA) is 49.8 Å². The Kier molecular flexibility index (Phi) is 3.19. The van der Waals surface area contributed by atoms with Gasteiger partial charge in [0, 0.05) is 19.7 Å². The molecule has 0 bridgehead atoms. The normalized spacial score (nSPS) is 28.7. The molecule has 1 N–H and O–H groups in total. The molecule has 4 nitrogen and oxygen atoms in total. The summed E-state index contributed by atoms with van der Waals surface area (Å²) in [7, 11) is 0. The maximum Gasteiger partial charge on any atom is 0.410 e. The molecule has 0 radical (unpaired) electrons. The molecule has 1 aliphatic heterocycles. The molecule has 1 saturated carbocycles. The maximum atomic E-state index is 12.0. The van der Waals surface area contributed by atoms with Gasteiger partial charge in [0.05, 0.1) is 0 Å². The first kappa shape index (κ1) is 12.5. The van der Waals surface area contributed by atoms with Crippen molar-refractivity contribution in [1.29, 1.82) is 0 Å². The molecule has 3 rings (SSSR count). The van der Waals surface area contributed by atoms with Crippen molar-refractivity contribution in [3.05, 3.63) is 35.9 Å². The van der Waals surface area contributed by atoms with Crippen LogP contribution in [0.25, 0.3) is 0 Å². The summed E-state index contributed by atoms with van der Waals surface area (Å²) in [4.78, 5) is 13.7. The average Bonchev–Trinajstić information content (AvgIpc) is 2.96.